The van der Waals surface area contributed by atoms with E-state index in [2.05, 4.69) is 27.0 Å². The summed E-state index contributed by atoms with van der Waals surface area (Å²) in [6.45, 7) is 4.17. The van der Waals surface area contributed by atoms with Crippen molar-refractivity contribution in [1.29, 1.82) is 0 Å². The number of para-hydroxylation sites is 1. The number of rotatable bonds is 15. The van der Waals surface area contributed by atoms with Crippen molar-refractivity contribution in [3.05, 3.63) is 78.4 Å². The van der Waals surface area contributed by atoms with Crippen LogP contribution < -0.4 is 20.3 Å². The number of hydrogen-bond donors (Lipinski definition) is 3. The van der Waals surface area contributed by atoms with E-state index >= 15 is 0 Å². The zero-order valence-corrected chi connectivity index (χ0v) is 30.2. The molecule has 0 saturated carbocycles. The van der Waals surface area contributed by atoms with Gasteiger partial charge in [-0.05, 0) is 42.9 Å². The lowest BCUT2D eigenvalue weighted by atomic mass is 9.81. The number of amides is 2. The smallest absolute Gasteiger partial charge is 0.346 e. The number of thioether (sulfide) groups is 1. The van der Waals surface area contributed by atoms with Gasteiger partial charge < -0.3 is 29.7 Å². The second-order valence-corrected chi connectivity index (χ2v) is 16.6. The molecule has 1 aliphatic heterocycles. The lowest BCUT2D eigenvalue weighted by molar-refractivity contribution is -0.130. The van der Waals surface area contributed by atoms with Gasteiger partial charge in [0.1, 0.15) is 18.1 Å². The summed E-state index contributed by atoms with van der Waals surface area (Å²) in [5.74, 6) is -1.15. The van der Waals surface area contributed by atoms with Crippen molar-refractivity contribution in [2.45, 2.75) is 55.4 Å². The molecule has 0 fully saturated rings. The van der Waals surface area contributed by atoms with E-state index in [0.717, 1.165) is 32.1 Å². The highest BCUT2D eigenvalue weighted by molar-refractivity contribution is 7.98. The summed E-state index contributed by atoms with van der Waals surface area (Å²) in [4.78, 5) is 38.9. The summed E-state index contributed by atoms with van der Waals surface area (Å²) in [5, 5.41) is 4.98. The van der Waals surface area contributed by atoms with Gasteiger partial charge in [-0.1, -0.05) is 75.2 Å². The van der Waals surface area contributed by atoms with Crippen LogP contribution in [-0.2, 0) is 28.5 Å². The number of nitrogens with zero attached hydrogens (tertiary/aromatic N) is 1. The minimum Gasteiger partial charge on any atom is -0.483 e. The first-order chi connectivity index (χ1) is 22.9. The SMILES string of the molecule is CCCCC1(CC)CN(c2ccccc2)c2cc(SC)c(OCC(=O)N[C@@H](C(=O)NCP(=O)(O)OC)c3ccccc3)cc2S(=O)(=O)C1. The van der Waals surface area contributed by atoms with Crippen LogP contribution in [0.4, 0.5) is 11.4 Å². The number of unbranched alkanes of at least 4 members (excludes halogenated alkanes) is 1. The summed E-state index contributed by atoms with van der Waals surface area (Å²) < 4.78 is 50.8. The van der Waals surface area contributed by atoms with Crippen LogP contribution in [0, 0.1) is 5.41 Å². The molecule has 14 heteroatoms. The third kappa shape index (κ3) is 9.21. The van der Waals surface area contributed by atoms with Crippen molar-refractivity contribution in [2.75, 3.05) is 43.5 Å². The molecule has 0 spiro atoms. The van der Waals surface area contributed by atoms with Gasteiger partial charge in [0.15, 0.2) is 16.4 Å². The Balaban J connectivity index is 1.65. The molecule has 2 unspecified atom stereocenters. The number of ether oxygens (including phenoxy) is 1. The summed E-state index contributed by atoms with van der Waals surface area (Å²) in [6, 6.07) is 20.3. The Morgan fingerprint density at radius 1 is 1.08 bits per heavy atom. The molecule has 0 bridgehead atoms. The van der Waals surface area contributed by atoms with E-state index in [0.29, 0.717) is 29.1 Å². The van der Waals surface area contributed by atoms with Crippen LogP contribution in [0.15, 0.2) is 82.6 Å². The minimum atomic E-state index is -4.04. The fourth-order valence-corrected chi connectivity index (χ4v) is 8.99. The second kappa shape index (κ2) is 16.4. The topological polar surface area (TPSA) is 151 Å². The van der Waals surface area contributed by atoms with Crippen LogP contribution in [0.25, 0.3) is 0 Å². The van der Waals surface area contributed by atoms with Crippen LogP contribution in [0.5, 0.6) is 5.75 Å². The standard InChI is InChI=1S/C34H44N3O8PS2/c1-5-7-18-34(6-2)22-37(26-16-12-9-13-17-26)27-19-29(47-4)28(20-30(27)48(42,43)23-34)45-21-31(38)36-32(25-14-10-8-11-15-25)33(39)35-24-46(40,41)44-3/h8-17,19-20,32H,5-7,18,21-24H2,1-4H3,(H,35,39)(H,36,38)(H,40,41)/t32-,34?/m1/s1. The molecule has 4 rings (SSSR count). The molecule has 1 heterocycles. The number of nitrogens with one attached hydrogen (secondary N) is 2. The normalized spacial score (nSPS) is 18.9. The molecule has 3 aromatic carbocycles. The highest BCUT2D eigenvalue weighted by atomic mass is 32.2. The fourth-order valence-electron chi connectivity index (χ4n) is 5.78. The Bertz CT molecular complexity index is 1730. The molecule has 0 radical (unpaired) electrons. The number of sulfone groups is 1. The van der Waals surface area contributed by atoms with E-state index in [1.54, 1.807) is 30.3 Å². The lowest BCUT2D eigenvalue weighted by Gasteiger charge is -2.36. The van der Waals surface area contributed by atoms with Crippen molar-refractivity contribution < 1.29 is 36.7 Å². The van der Waals surface area contributed by atoms with Crippen molar-refractivity contribution in [2.24, 2.45) is 5.41 Å². The summed E-state index contributed by atoms with van der Waals surface area (Å²) in [5.41, 5.74) is 1.42. The molecule has 1 aliphatic rings. The number of fused-ring (bicyclic) bond motifs is 1. The van der Waals surface area contributed by atoms with Crippen molar-refractivity contribution >= 4 is 52.4 Å². The van der Waals surface area contributed by atoms with E-state index in [-0.39, 0.29) is 16.4 Å². The maximum atomic E-state index is 14.2. The van der Waals surface area contributed by atoms with Gasteiger partial charge in [-0.2, -0.15) is 0 Å². The van der Waals surface area contributed by atoms with E-state index < -0.39 is 53.6 Å². The molecule has 2 amide bonds. The van der Waals surface area contributed by atoms with Crippen LogP contribution in [0.1, 0.15) is 51.1 Å². The molecule has 3 N–H and O–H groups in total. The summed E-state index contributed by atoms with van der Waals surface area (Å²) >= 11 is 1.37. The largest absolute Gasteiger partial charge is 0.483 e. The van der Waals surface area contributed by atoms with Crippen molar-refractivity contribution in [3.63, 3.8) is 0 Å². The first kappa shape index (κ1) is 37.5. The van der Waals surface area contributed by atoms with Crippen LogP contribution in [0.3, 0.4) is 0 Å². The molecule has 0 aliphatic carbocycles. The van der Waals surface area contributed by atoms with Crippen LogP contribution in [0.2, 0.25) is 0 Å². The molecular weight excluding hydrogens is 673 g/mol. The van der Waals surface area contributed by atoms with Gasteiger partial charge in [-0.15, -0.1) is 11.8 Å². The maximum absolute atomic E-state index is 14.2. The molecule has 3 aromatic rings. The second-order valence-electron chi connectivity index (χ2n) is 11.8. The maximum Gasteiger partial charge on any atom is 0.346 e. The van der Waals surface area contributed by atoms with Crippen LogP contribution >= 0.6 is 19.4 Å². The molecule has 260 valence electrons. The number of anilines is 2. The fraction of sp³-hybridized carbons (Fsp3) is 0.412. The lowest BCUT2D eigenvalue weighted by Crippen LogP contribution is -2.42. The van der Waals surface area contributed by atoms with E-state index in [9.17, 15) is 27.5 Å². The molecule has 0 saturated heterocycles. The van der Waals surface area contributed by atoms with Crippen molar-refractivity contribution in [3.8, 4) is 5.75 Å². The zero-order valence-electron chi connectivity index (χ0n) is 27.7. The number of carbonyl (C=O) groups is 2. The molecule has 48 heavy (non-hydrogen) atoms. The first-order valence-electron chi connectivity index (χ1n) is 15.8. The third-order valence-electron chi connectivity index (χ3n) is 8.54. The predicted octanol–water partition coefficient (Wildman–Crippen LogP) is 6.06. The van der Waals surface area contributed by atoms with Gasteiger partial charge in [-0.3, -0.25) is 14.2 Å². The average molecular weight is 718 g/mol. The Morgan fingerprint density at radius 3 is 2.35 bits per heavy atom. The van der Waals surface area contributed by atoms with Crippen LogP contribution in [-0.4, -0.2) is 63.7 Å². The molecular formula is C34H44N3O8PS2. The van der Waals surface area contributed by atoms with Gasteiger partial charge in [0.05, 0.1) is 21.2 Å². The van der Waals surface area contributed by atoms with E-state index in [1.165, 1.54) is 17.8 Å². The predicted molar refractivity (Wildman–Crippen MR) is 189 cm³/mol. The van der Waals surface area contributed by atoms with Gasteiger partial charge >= 0.3 is 7.60 Å². The van der Waals surface area contributed by atoms with Gasteiger partial charge in [-0.25, -0.2) is 8.42 Å². The van der Waals surface area contributed by atoms with Crippen molar-refractivity contribution in [1.82, 2.24) is 10.6 Å². The first-order valence-corrected chi connectivity index (χ1v) is 20.4. The highest BCUT2D eigenvalue weighted by Crippen LogP contribution is 2.47. The Kier molecular flexibility index (Phi) is 12.8. The number of hydrogen-bond acceptors (Lipinski definition) is 9. The quantitative estimate of drug-likeness (QED) is 0.125. The van der Waals surface area contributed by atoms with Gasteiger partial charge in [0.25, 0.3) is 5.91 Å². The Labute approximate surface area is 287 Å². The summed E-state index contributed by atoms with van der Waals surface area (Å²) in [6.07, 6.45) is 4.54. The van der Waals surface area contributed by atoms with Gasteiger partial charge in [0, 0.05) is 30.8 Å². The Morgan fingerprint density at radius 2 is 1.75 bits per heavy atom. The highest BCUT2D eigenvalue weighted by Gasteiger charge is 2.42. The average Bonchev–Trinajstić information content (AvgIpc) is 3.19. The number of benzene rings is 3. The van der Waals surface area contributed by atoms with Gasteiger partial charge in [0.2, 0.25) is 5.91 Å². The number of carbonyl (C=O) groups excluding carboxylic acids is 2. The molecule has 11 nitrogen and oxygen atoms in total. The van der Waals surface area contributed by atoms with E-state index in [1.807, 2.05) is 49.6 Å². The summed E-state index contributed by atoms with van der Waals surface area (Å²) in [7, 11) is -6.76. The zero-order chi connectivity index (χ0) is 35.0. The molecule has 0 aromatic heterocycles. The monoisotopic (exact) mass is 717 g/mol. The Hall–Kier alpha value is -3.35. The van der Waals surface area contributed by atoms with E-state index in [4.69, 9.17) is 4.74 Å². The molecule has 3 atom stereocenters. The third-order valence-corrected chi connectivity index (χ3v) is 12.4. The minimum absolute atomic E-state index is 0.0108.